The van der Waals surface area contributed by atoms with E-state index in [1.54, 1.807) is 0 Å². The lowest BCUT2D eigenvalue weighted by atomic mass is 9.96. The summed E-state index contributed by atoms with van der Waals surface area (Å²) in [7, 11) is 0. The lowest BCUT2D eigenvalue weighted by Gasteiger charge is -2.49. The Morgan fingerprint density at radius 2 is 1.28 bits per heavy atom. The highest BCUT2D eigenvalue weighted by Crippen LogP contribution is 2.38. The van der Waals surface area contributed by atoms with Crippen LogP contribution >= 0.6 is 0 Å². The van der Waals surface area contributed by atoms with Crippen molar-refractivity contribution in [2.45, 2.75) is 94.8 Å². The second-order valence-corrected chi connectivity index (χ2v) is 13.4. The monoisotopic (exact) mass is 726 g/mol. The molecule has 0 saturated carbocycles. The molecule has 0 amide bonds. The van der Waals surface area contributed by atoms with E-state index < -0.39 is 67.6 Å². The Labute approximate surface area is 309 Å². The average Bonchev–Trinajstić information content (AvgIpc) is 3.19. The van der Waals surface area contributed by atoms with Crippen LogP contribution in [-0.2, 0) is 67.2 Å². The van der Waals surface area contributed by atoms with Crippen molar-refractivity contribution in [3.05, 3.63) is 144 Å². The third-order valence-corrected chi connectivity index (χ3v) is 9.45. The van der Waals surface area contributed by atoms with Gasteiger partial charge in [-0.15, -0.1) is 0 Å². The molecule has 0 spiro atoms. The molecule has 7 rings (SSSR count). The minimum Gasteiger partial charge on any atom is -0.457 e. The van der Waals surface area contributed by atoms with Gasteiger partial charge in [0.15, 0.2) is 31.1 Å². The van der Waals surface area contributed by atoms with Gasteiger partial charge in [0.05, 0.1) is 39.1 Å². The van der Waals surface area contributed by atoms with Crippen molar-refractivity contribution in [2.75, 3.05) is 13.2 Å². The third-order valence-electron chi connectivity index (χ3n) is 9.45. The largest absolute Gasteiger partial charge is 0.457 e. The van der Waals surface area contributed by atoms with Crippen LogP contribution in [0.2, 0.25) is 0 Å². The van der Waals surface area contributed by atoms with Crippen LogP contribution in [0, 0.1) is 0 Å². The highest BCUT2D eigenvalue weighted by molar-refractivity contribution is 5.66. The minimum absolute atomic E-state index is 0.113. The van der Waals surface area contributed by atoms with Crippen LogP contribution in [0.3, 0.4) is 0 Å². The number of rotatable bonds is 14. The zero-order chi connectivity index (χ0) is 36.4. The maximum atomic E-state index is 12.5. The van der Waals surface area contributed by atoms with E-state index in [0.29, 0.717) is 19.8 Å². The van der Waals surface area contributed by atoms with Crippen LogP contribution in [0.25, 0.3) is 0 Å². The SMILES string of the molecule is CC(=O)O[C@@H]1[C@@H](O[C@@H]2C[C@@H](OCc3ccccc3)[C@H](OCc3ccccc3)[C@@H](COCc3ccccc3)O2)[C@@H](O)O[C@@H]2COC(c3ccccc3)O[C@@H]12. The van der Waals surface area contributed by atoms with Crippen molar-refractivity contribution in [3.63, 3.8) is 0 Å². The van der Waals surface area contributed by atoms with Crippen LogP contribution in [0.5, 0.6) is 0 Å². The lowest BCUT2D eigenvalue weighted by Crippen LogP contribution is -2.64. The van der Waals surface area contributed by atoms with Gasteiger partial charge in [0.2, 0.25) is 0 Å². The molecule has 10 atom stereocenters. The fraction of sp³-hybridized carbons (Fsp3) is 0.405. The molecule has 53 heavy (non-hydrogen) atoms. The fourth-order valence-corrected chi connectivity index (χ4v) is 6.89. The molecule has 280 valence electrons. The van der Waals surface area contributed by atoms with Crippen molar-refractivity contribution in [2.24, 2.45) is 0 Å². The molecule has 3 aliphatic rings. The molecule has 11 nitrogen and oxygen atoms in total. The average molecular weight is 727 g/mol. The van der Waals surface area contributed by atoms with Gasteiger partial charge in [-0.1, -0.05) is 121 Å². The van der Waals surface area contributed by atoms with E-state index in [2.05, 4.69) is 0 Å². The molecular formula is C42H46O11. The van der Waals surface area contributed by atoms with Gasteiger partial charge >= 0.3 is 5.97 Å². The van der Waals surface area contributed by atoms with Crippen molar-refractivity contribution < 1.29 is 52.5 Å². The lowest BCUT2D eigenvalue weighted by molar-refractivity contribution is -0.381. The number of hydrogen-bond donors (Lipinski definition) is 1. The third kappa shape index (κ3) is 9.95. The van der Waals surface area contributed by atoms with Crippen LogP contribution in [-0.4, -0.2) is 79.6 Å². The normalized spacial score (nSPS) is 29.9. The Hall–Kier alpha value is -4.01. The first kappa shape index (κ1) is 37.3. The molecule has 1 N–H and O–H groups in total. The van der Waals surface area contributed by atoms with Crippen molar-refractivity contribution in [1.82, 2.24) is 0 Å². The Bertz CT molecular complexity index is 1680. The number of benzene rings is 4. The summed E-state index contributed by atoms with van der Waals surface area (Å²) in [6, 6.07) is 39.1. The zero-order valence-corrected chi connectivity index (χ0v) is 29.6. The number of hydrogen-bond acceptors (Lipinski definition) is 11. The van der Waals surface area contributed by atoms with Crippen LogP contribution in [0.15, 0.2) is 121 Å². The molecule has 0 aromatic heterocycles. The second-order valence-electron chi connectivity index (χ2n) is 13.4. The van der Waals surface area contributed by atoms with Gasteiger partial charge in [-0.05, 0) is 16.7 Å². The molecule has 1 unspecified atom stereocenters. The van der Waals surface area contributed by atoms with E-state index in [-0.39, 0.29) is 19.6 Å². The first-order valence-corrected chi connectivity index (χ1v) is 18.1. The van der Waals surface area contributed by atoms with Crippen LogP contribution in [0.1, 0.15) is 41.9 Å². The number of ether oxygens (including phenoxy) is 9. The number of carbonyl (C=O) groups excluding carboxylic acids is 1. The van der Waals surface area contributed by atoms with Crippen LogP contribution in [0.4, 0.5) is 0 Å². The van der Waals surface area contributed by atoms with E-state index in [4.69, 9.17) is 42.6 Å². The summed E-state index contributed by atoms with van der Waals surface area (Å²) >= 11 is 0. The molecule has 3 aliphatic heterocycles. The number of esters is 1. The van der Waals surface area contributed by atoms with Gasteiger partial charge in [-0.25, -0.2) is 0 Å². The summed E-state index contributed by atoms with van der Waals surface area (Å²) in [6.07, 6.45) is -8.30. The quantitative estimate of drug-likeness (QED) is 0.163. The zero-order valence-electron chi connectivity index (χ0n) is 29.6. The summed E-state index contributed by atoms with van der Waals surface area (Å²) in [5.74, 6) is -0.557. The van der Waals surface area contributed by atoms with E-state index >= 15 is 0 Å². The summed E-state index contributed by atoms with van der Waals surface area (Å²) in [6.45, 7) is 2.60. The molecule has 3 heterocycles. The molecule has 11 heteroatoms. The summed E-state index contributed by atoms with van der Waals surface area (Å²) < 4.78 is 56.6. The second kappa shape index (κ2) is 18.4. The first-order chi connectivity index (χ1) is 26.0. The number of carbonyl (C=O) groups is 1. The number of fused-ring (bicyclic) bond motifs is 1. The topological polar surface area (TPSA) is 120 Å². The van der Waals surface area contributed by atoms with Gasteiger partial charge in [0.25, 0.3) is 0 Å². The molecule has 4 aromatic rings. The van der Waals surface area contributed by atoms with E-state index in [1.165, 1.54) is 6.92 Å². The molecule has 3 fully saturated rings. The predicted octanol–water partition coefficient (Wildman–Crippen LogP) is 5.64. The molecule has 0 bridgehead atoms. The number of aliphatic hydroxyl groups excluding tert-OH is 1. The van der Waals surface area contributed by atoms with Crippen molar-refractivity contribution in [3.8, 4) is 0 Å². The Morgan fingerprint density at radius 3 is 1.91 bits per heavy atom. The highest BCUT2D eigenvalue weighted by atomic mass is 16.8. The maximum Gasteiger partial charge on any atom is 0.303 e. The standard InChI is InChI=1S/C42H46O11/c1-28(43)49-39-38-35(27-48-42(53-38)32-20-12-5-13-21-32)51-41(44)40(39)52-36-22-33(46-24-30-16-8-3-9-17-30)37(47-25-31-18-10-4-11-19-31)34(50-36)26-45-23-29-14-6-2-7-15-29/h2-21,33-42,44H,22-27H2,1H3/t33-,34-,35-,36-,37+,38-,39+,40-,41+,42?/m1/s1. The molecular weight excluding hydrogens is 680 g/mol. The maximum absolute atomic E-state index is 12.5. The molecule has 3 saturated heterocycles. The number of aliphatic hydroxyl groups is 1. The van der Waals surface area contributed by atoms with Gasteiger partial charge in [0, 0.05) is 18.9 Å². The van der Waals surface area contributed by atoms with E-state index in [9.17, 15) is 9.90 Å². The van der Waals surface area contributed by atoms with Crippen molar-refractivity contribution in [1.29, 1.82) is 0 Å². The Balaban J connectivity index is 1.13. The van der Waals surface area contributed by atoms with E-state index in [0.717, 1.165) is 22.3 Å². The highest BCUT2D eigenvalue weighted by Gasteiger charge is 2.54. The van der Waals surface area contributed by atoms with Crippen LogP contribution < -0.4 is 0 Å². The summed E-state index contributed by atoms with van der Waals surface area (Å²) in [4.78, 5) is 12.5. The van der Waals surface area contributed by atoms with Gasteiger partial charge in [-0.2, -0.15) is 0 Å². The summed E-state index contributed by atoms with van der Waals surface area (Å²) in [5.41, 5.74) is 3.81. The molecule has 0 radical (unpaired) electrons. The minimum atomic E-state index is -1.48. The fourth-order valence-electron chi connectivity index (χ4n) is 6.89. The first-order valence-electron chi connectivity index (χ1n) is 18.1. The molecule has 0 aliphatic carbocycles. The van der Waals surface area contributed by atoms with Gasteiger partial charge in [-0.3, -0.25) is 4.79 Å². The smallest absolute Gasteiger partial charge is 0.303 e. The Kier molecular flexibility index (Phi) is 12.9. The van der Waals surface area contributed by atoms with Gasteiger partial charge in [0.1, 0.15) is 24.4 Å². The summed E-state index contributed by atoms with van der Waals surface area (Å²) in [5, 5.41) is 11.3. The predicted molar refractivity (Wildman–Crippen MR) is 191 cm³/mol. The van der Waals surface area contributed by atoms with E-state index in [1.807, 2.05) is 121 Å². The van der Waals surface area contributed by atoms with Crippen molar-refractivity contribution >= 4 is 5.97 Å². The Morgan fingerprint density at radius 1 is 0.698 bits per heavy atom. The molecule has 4 aromatic carbocycles. The van der Waals surface area contributed by atoms with Gasteiger partial charge < -0.3 is 47.7 Å².